The van der Waals surface area contributed by atoms with Crippen LogP contribution in [0.4, 0.5) is 0 Å². The normalized spacial score (nSPS) is 49.0. The molecule has 10 nitrogen and oxygen atoms in total. The molecule has 1 aromatic rings. The third-order valence-electron chi connectivity index (χ3n) is 12.7. The van der Waals surface area contributed by atoms with Crippen LogP contribution in [0.5, 0.6) is 0 Å². The first-order valence-corrected chi connectivity index (χ1v) is 15.6. The number of hydrogen-bond acceptors (Lipinski definition) is 10. The second kappa shape index (κ2) is 10.2. The predicted molar refractivity (Wildman–Crippen MR) is 153 cm³/mol. The minimum Gasteiger partial charge on any atom is -0.458 e. The van der Waals surface area contributed by atoms with E-state index in [0.717, 1.165) is 19.4 Å². The van der Waals surface area contributed by atoms with E-state index in [4.69, 9.17) is 28.4 Å². The van der Waals surface area contributed by atoms with Crippen molar-refractivity contribution in [3.05, 3.63) is 35.9 Å². The summed E-state index contributed by atoms with van der Waals surface area (Å²) in [6.45, 7) is 2.76. The molecular formula is C33H45NO9. The van der Waals surface area contributed by atoms with E-state index in [-0.39, 0.29) is 41.4 Å². The van der Waals surface area contributed by atoms with E-state index < -0.39 is 53.1 Å². The fraction of sp³-hybridized carbons (Fsp3) is 0.758. The Labute approximate surface area is 253 Å². The Bertz CT molecular complexity index is 1260. The molecule has 1 heterocycles. The van der Waals surface area contributed by atoms with Crippen molar-refractivity contribution in [2.75, 3.05) is 48.6 Å². The number of aliphatic hydroxyl groups excluding tert-OH is 1. The molecule has 14 atom stereocenters. The zero-order valence-corrected chi connectivity index (χ0v) is 25.9. The van der Waals surface area contributed by atoms with Gasteiger partial charge in [0.1, 0.15) is 12.2 Å². The van der Waals surface area contributed by atoms with Crippen molar-refractivity contribution in [1.29, 1.82) is 0 Å². The smallest absolute Gasteiger partial charge is 0.338 e. The van der Waals surface area contributed by atoms with Gasteiger partial charge in [-0.25, -0.2) is 4.79 Å². The van der Waals surface area contributed by atoms with Gasteiger partial charge in [-0.1, -0.05) is 18.2 Å². The highest BCUT2D eigenvalue weighted by molar-refractivity contribution is 5.89. The summed E-state index contributed by atoms with van der Waals surface area (Å²) in [6, 6.07) is 8.85. The van der Waals surface area contributed by atoms with E-state index in [1.54, 1.807) is 40.6 Å². The SMILES string of the molecule is COC[C@@]12CC[C@H](OC)[C@@]34[C@@H]5C[C@@H]6[C@@H](OC)[C@H](O)[C@@](OC(C)=O)([C@H]5[C@H]6OC(=O)c5ccccc5)[C@@H]([C@H](OC)[C@H]13)[C@H]4N(C)C2. The molecule has 6 fully saturated rings. The molecule has 5 saturated carbocycles. The summed E-state index contributed by atoms with van der Waals surface area (Å²) < 4.78 is 38.0. The Morgan fingerprint density at radius 2 is 1.72 bits per heavy atom. The fourth-order valence-corrected chi connectivity index (χ4v) is 12.2. The number of fused-ring (bicyclic) bond motifs is 2. The van der Waals surface area contributed by atoms with Crippen LogP contribution in [-0.4, -0.2) is 113 Å². The van der Waals surface area contributed by atoms with E-state index in [1.165, 1.54) is 6.92 Å². The summed E-state index contributed by atoms with van der Waals surface area (Å²) >= 11 is 0. The van der Waals surface area contributed by atoms with Crippen LogP contribution < -0.4 is 0 Å². The molecule has 1 N–H and O–H groups in total. The Morgan fingerprint density at radius 3 is 2.35 bits per heavy atom. The van der Waals surface area contributed by atoms with Crippen molar-refractivity contribution in [3.8, 4) is 0 Å². The monoisotopic (exact) mass is 599 g/mol. The lowest BCUT2D eigenvalue weighted by atomic mass is 9.43. The van der Waals surface area contributed by atoms with Crippen LogP contribution >= 0.6 is 0 Å². The number of hydrogen-bond donors (Lipinski definition) is 1. The molecule has 1 spiro atoms. The van der Waals surface area contributed by atoms with Crippen LogP contribution in [0.15, 0.2) is 30.3 Å². The first kappa shape index (κ1) is 29.6. The van der Waals surface area contributed by atoms with Crippen LogP contribution in [0, 0.1) is 40.4 Å². The van der Waals surface area contributed by atoms with Crippen LogP contribution in [0.25, 0.3) is 0 Å². The zero-order valence-electron chi connectivity index (χ0n) is 25.9. The molecule has 236 valence electrons. The van der Waals surface area contributed by atoms with E-state index in [2.05, 4.69) is 11.9 Å². The standard InChI is InChI=1S/C33H45NO9/c1-17(35)43-33-22-20(14-19(25(40-5)29(33)36)24(22)42-30(37)18-10-8-7-9-11-18)32-21(39-4)12-13-31(16-38-3)15-34(2)28(32)23(33)26(41-6)27(31)32/h7-11,19-29,36H,12-16H2,1-6H3/t19-,20+,21-,22+,23-,24-,25+,26-,27+,28+,29-,31-,32-,33+/m0/s1. The van der Waals surface area contributed by atoms with Crippen molar-refractivity contribution in [2.45, 2.75) is 68.3 Å². The molecule has 1 aromatic carbocycles. The highest BCUT2D eigenvalue weighted by Crippen LogP contribution is 2.80. The van der Waals surface area contributed by atoms with Gasteiger partial charge in [-0.05, 0) is 44.4 Å². The van der Waals surface area contributed by atoms with Gasteiger partial charge in [0.05, 0.1) is 30.5 Å². The summed E-state index contributed by atoms with van der Waals surface area (Å²) in [6.07, 6.45) is -0.523. The Hall–Kier alpha value is -2.08. The van der Waals surface area contributed by atoms with Gasteiger partial charge in [-0.3, -0.25) is 4.79 Å². The number of carbonyl (C=O) groups excluding carboxylic acids is 2. The zero-order chi connectivity index (χ0) is 30.5. The first-order valence-electron chi connectivity index (χ1n) is 15.6. The summed E-state index contributed by atoms with van der Waals surface area (Å²) in [4.78, 5) is 29.2. The minimum absolute atomic E-state index is 0.0234. The predicted octanol–water partition coefficient (Wildman–Crippen LogP) is 2.17. The van der Waals surface area contributed by atoms with Crippen LogP contribution in [-0.2, 0) is 33.2 Å². The second-order valence-corrected chi connectivity index (χ2v) is 14.0. The Morgan fingerprint density at radius 1 is 1.00 bits per heavy atom. The molecule has 0 radical (unpaired) electrons. The van der Waals surface area contributed by atoms with E-state index in [0.29, 0.717) is 18.6 Å². The molecule has 1 saturated heterocycles. The van der Waals surface area contributed by atoms with Crippen molar-refractivity contribution in [1.82, 2.24) is 4.90 Å². The number of likely N-dealkylation sites (tertiary alicyclic amines) is 1. The molecule has 1 aliphatic heterocycles. The number of nitrogens with zero attached hydrogens (tertiary/aromatic N) is 1. The summed E-state index contributed by atoms with van der Waals surface area (Å²) in [7, 11) is 8.99. The second-order valence-electron chi connectivity index (χ2n) is 14.0. The summed E-state index contributed by atoms with van der Waals surface area (Å²) in [5.41, 5.74) is -1.59. The number of rotatable bonds is 8. The number of aliphatic hydroxyl groups is 1. The molecule has 43 heavy (non-hydrogen) atoms. The lowest BCUT2D eigenvalue weighted by Crippen LogP contribution is -2.79. The molecule has 0 unspecified atom stereocenters. The first-order chi connectivity index (χ1) is 20.7. The summed E-state index contributed by atoms with van der Waals surface area (Å²) in [5.74, 6) is -2.18. The van der Waals surface area contributed by atoms with Gasteiger partial charge in [0.25, 0.3) is 0 Å². The van der Waals surface area contributed by atoms with E-state index in [9.17, 15) is 14.7 Å². The van der Waals surface area contributed by atoms with Gasteiger partial charge >= 0.3 is 11.9 Å². The topological polar surface area (TPSA) is 113 Å². The molecule has 0 aromatic heterocycles. The third-order valence-corrected chi connectivity index (χ3v) is 12.7. The number of methoxy groups -OCH3 is 4. The van der Waals surface area contributed by atoms with Gasteiger partial charge in [0, 0.05) is 82.5 Å². The number of esters is 2. The molecule has 7 bridgehead atoms. The lowest BCUT2D eigenvalue weighted by Gasteiger charge is -2.69. The molecule has 0 amide bonds. The molecule has 7 rings (SSSR count). The molecule has 10 heteroatoms. The number of piperidine rings is 1. The highest BCUT2D eigenvalue weighted by Gasteiger charge is 2.89. The van der Waals surface area contributed by atoms with Crippen molar-refractivity contribution in [2.24, 2.45) is 40.4 Å². The van der Waals surface area contributed by atoms with Gasteiger partial charge in [-0.2, -0.15) is 0 Å². The Kier molecular flexibility index (Phi) is 7.04. The fourth-order valence-electron chi connectivity index (χ4n) is 12.2. The lowest BCUT2D eigenvalue weighted by molar-refractivity contribution is -0.301. The van der Waals surface area contributed by atoms with Crippen LogP contribution in [0.1, 0.15) is 36.5 Å². The number of benzene rings is 1. The average molecular weight is 600 g/mol. The van der Waals surface area contributed by atoms with Crippen molar-refractivity contribution in [3.63, 3.8) is 0 Å². The van der Waals surface area contributed by atoms with Gasteiger partial charge in [0.2, 0.25) is 0 Å². The summed E-state index contributed by atoms with van der Waals surface area (Å²) in [5, 5.41) is 12.4. The number of carbonyl (C=O) groups is 2. The molecule has 5 aliphatic carbocycles. The van der Waals surface area contributed by atoms with Gasteiger partial charge < -0.3 is 38.4 Å². The maximum Gasteiger partial charge on any atom is 0.338 e. The Balaban J connectivity index is 1.48. The maximum absolute atomic E-state index is 13.7. The minimum atomic E-state index is -1.41. The van der Waals surface area contributed by atoms with E-state index in [1.807, 2.05) is 18.2 Å². The van der Waals surface area contributed by atoms with Gasteiger partial charge in [-0.15, -0.1) is 0 Å². The van der Waals surface area contributed by atoms with Crippen molar-refractivity contribution < 1.29 is 43.1 Å². The maximum atomic E-state index is 13.7. The van der Waals surface area contributed by atoms with E-state index >= 15 is 0 Å². The average Bonchev–Trinajstić information content (AvgIpc) is 3.43. The third kappa shape index (κ3) is 3.51. The van der Waals surface area contributed by atoms with Crippen molar-refractivity contribution >= 4 is 11.9 Å². The largest absolute Gasteiger partial charge is 0.458 e. The quantitative estimate of drug-likeness (QED) is 0.446. The molecular weight excluding hydrogens is 554 g/mol. The highest BCUT2D eigenvalue weighted by atomic mass is 16.6. The molecule has 6 aliphatic rings. The van der Waals surface area contributed by atoms with Crippen LogP contribution in [0.3, 0.4) is 0 Å². The van der Waals surface area contributed by atoms with Gasteiger partial charge in [0.15, 0.2) is 5.60 Å². The number of ether oxygens (including phenoxy) is 6. The van der Waals surface area contributed by atoms with Crippen LogP contribution in [0.2, 0.25) is 0 Å².